The van der Waals surface area contributed by atoms with Crippen LogP contribution in [0.2, 0.25) is 0 Å². The van der Waals surface area contributed by atoms with Crippen LogP contribution in [0.25, 0.3) is 0 Å². The van der Waals surface area contributed by atoms with Crippen molar-refractivity contribution in [3.05, 3.63) is 12.3 Å². The van der Waals surface area contributed by atoms with E-state index in [0.29, 0.717) is 6.04 Å². The van der Waals surface area contributed by atoms with Gasteiger partial charge >= 0.3 is 0 Å². The van der Waals surface area contributed by atoms with E-state index in [2.05, 4.69) is 10.3 Å². The smallest absolute Gasteiger partial charge is 0.0870 e. The number of nitrogens with one attached hydrogen (secondary N) is 1. The standard InChI is InChI=1S/C5H8N2.C2H6/c1-5-2-3-6-4-7-5;1-2/h2-5H,1H3,(H,6,7);1-2H3. The average Bonchev–Trinajstić information content (AvgIpc) is 1.94. The molecule has 0 aromatic rings. The Labute approximate surface area is 56.7 Å². The van der Waals surface area contributed by atoms with Gasteiger partial charge in [0.25, 0.3) is 0 Å². The first-order chi connectivity index (χ1) is 4.39. The summed E-state index contributed by atoms with van der Waals surface area (Å²) < 4.78 is 0. The lowest BCUT2D eigenvalue weighted by Gasteiger charge is -2.01. The van der Waals surface area contributed by atoms with Gasteiger partial charge in [0.2, 0.25) is 0 Å². The summed E-state index contributed by atoms with van der Waals surface area (Å²) in [5.41, 5.74) is 0. The van der Waals surface area contributed by atoms with Crippen LogP contribution < -0.4 is 5.32 Å². The molecule has 52 valence electrons. The average molecular weight is 126 g/mol. The van der Waals surface area contributed by atoms with Crippen molar-refractivity contribution in [3.63, 3.8) is 0 Å². The molecule has 0 bridgehead atoms. The summed E-state index contributed by atoms with van der Waals surface area (Å²) >= 11 is 0. The zero-order chi connectivity index (χ0) is 7.11. The molecule has 0 spiro atoms. The molecule has 1 atom stereocenters. The van der Waals surface area contributed by atoms with Gasteiger partial charge in [0.15, 0.2) is 0 Å². The predicted octanol–water partition coefficient (Wildman–Crippen LogP) is 1.55. The summed E-state index contributed by atoms with van der Waals surface area (Å²) in [7, 11) is 0. The normalized spacial score (nSPS) is 21.9. The molecule has 1 unspecified atom stereocenters. The van der Waals surface area contributed by atoms with Crippen molar-refractivity contribution in [1.29, 1.82) is 0 Å². The van der Waals surface area contributed by atoms with Crippen LogP contribution in [0.15, 0.2) is 17.3 Å². The highest BCUT2D eigenvalue weighted by atomic mass is 15.0. The maximum Gasteiger partial charge on any atom is 0.0870 e. The maximum absolute atomic E-state index is 4.01. The molecule has 2 nitrogen and oxygen atoms in total. The van der Waals surface area contributed by atoms with Crippen LogP contribution in [0.4, 0.5) is 0 Å². The molecule has 0 aliphatic carbocycles. The van der Waals surface area contributed by atoms with Crippen LogP contribution in [-0.2, 0) is 0 Å². The number of nitrogens with zero attached hydrogens (tertiary/aromatic N) is 1. The molecular formula is C7H14N2. The van der Waals surface area contributed by atoms with Gasteiger partial charge in [-0.15, -0.1) is 0 Å². The van der Waals surface area contributed by atoms with E-state index in [1.165, 1.54) is 0 Å². The largest absolute Gasteiger partial charge is 0.353 e. The molecule has 1 heterocycles. The minimum absolute atomic E-state index is 0.362. The Bertz CT molecular complexity index is 93.5. The molecule has 0 amide bonds. The highest BCUT2D eigenvalue weighted by Crippen LogP contribution is 1.90. The summed E-state index contributed by atoms with van der Waals surface area (Å²) in [5, 5.41) is 2.84. The van der Waals surface area contributed by atoms with E-state index in [9.17, 15) is 0 Å². The highest BCUT2D eigenvalue weighted by Gasteiger charge is 1.90. The third-order valence-corrected chi connectivity index (χ3v) is 0.855. The Balaban J connectivity index is 0.000000291. The number of hydrogen-bond acceptors (Lipinski definition) is 2. The van der Waals surface area contributed by atoms with E-state index < -0.39 is 0 Å². The van der Waals surface area contributed by atoms with E-state index in [1.807, 2.05) is 33.0 Å². The highest BCUT2D eigenvalue weighted by molar-refractivity contribution is 5.57. The fourth-order valence-electron chi connectivity index (χ4n) is 0.448. The van der Waals surface area contributed by atoms with Crippen LogP contribution in [0.5, 0.6) is 0 Å². The fourth-order valence-corrected chi connectivity index (χ4v) is 0.448. The molecule has 0 saturated heterocycles. The van der Waals surface area contributed by atoms with Crippen molar-refractivity contribution < 1.29 is 0 Å². The van der Waals surface area contributed by atoms with E-state index in [1.54, 1.807) is 6.34 Å². The van der Waals surface area contributed by atoms with Crippen LogP contribution in [0.1, 0.15) is 20.8 Å². The van der Waals surface area contributed by atoms with Crippen molar-refractivity contribution in [2.24, 2.45) is 4.99 Å². The lowest BCUT2D eigenvalue weighted by molar-refractivity contribution is 0.897. The molecular weight excluding hydrogens is 112 g/mol. The maximum atomic E-state index is 4.01. The number of hydrogen-bond donors (Lipinski definition) is 1. The van der Waals surface area contributed by atoms with E-state index in [4.69, 9.17) is 0 Å². The van der Waals surface area contributed by atoms with Crippen LogP contribution >= 0.6 is 0 Å². The van der Waals surface area contributed by atoms with Gasteiger partial charge in [-0.05, 0) is 19.2 Å². The van der Waals surface area contributed by atoms with Gasteiger partial charge in [0.1, 0.15) is 0 Å². The first kappa shape index (κ1) is 8.21. The minimum atomic E-state index is 0.362. The van der Waals surface area contributed by atoms with Gasteiger partial charge in [-0.3, -0.25) is 4.99 Å². The minimum Gasteiger partial charge on any atom is -0.353 e. The summed E-state index contributed by atoms with van der Waals surface area (Å²) in [6.07, 6.45) is 5.59. The third-order valence-electron chi connectivity index (χ3n) is 0.855. The van der Waals surface area contributed by atoms with Gasteiger partial charge in [-0.25, -0.2) is 0 Å². The molecule has 1 rings (SSSR count). The fraction of sp³-hybridized carbons (Fsp3) is 0.571. The molecule has 2 heteroatoms. The molecule has 0 fully saturated rings. The summed E-state index contributed by atoms with van der Waals surface area (Å²) in [6, 6.07) is 0.362. The van der Waals surface area contributed by atoms with Crippen LogP contribution in [-0.4, -0.2) is 12.4 Å². The molecule has 1 N–H and O–H groups in total. The Kier molecular flexibility index (Phi) is 4.88. The van der Waals surface area contributed by atoms with Gasteiger partial charge in [-0.2, -0.15) is 0 Å². The lowest BCUT2D eigenvalue weighted by Crippen LogP contribution is -2.10. The Hall–Kier alpha value is -0.790. The first-order valence-electron chi connectivity index (χ1n) is 3.34. The number of aliphatic imine (C=N–C) groups is 1. The van der Waals surface area contributed by atoms with Crippen LogP contribution in [0.3, 0.4) is 0 Å². The number of rotatable bonds is 0. The second-order valence-corrected chi connectivity index (χ2v) is 1.54. The molecule has 0 aromatic carbocycles. The van der Waals surface area contributed by atoms with Crippen LogP contribution in [0, 0.1) is 0 Å². The molecule has 0 saturated carbocycles. The molecule has 0 aromatic heterocycles. The summed E-state index contributed by atoms with van der Waals surface area (Å²) in [6.45, 7) is 6.04. The van der Waals surface area contributed by atoms with Gasteiger partial charge in [0.05, 0.1) is 12.4 Å². The Morgan fingerprint density at radius 1 is 1.44 bits per heavy atom. The van der Waals surface area contributed by atoms with Crippen molar-refractivity contribution in [2.75, 3.05) is 0 Å². The summed E-state index contributed by atoms with van der Waals surface area (Å²) in [5.74, 6) is 0. The monoisotopic (exact) mass is 126 g/mol. The third kappa shape index (κ3) is 3.76. The predicted molar refractivity (Wildman–Crippen MR) is 41.6 cm³/mol. The van der Waals surface area contributed by atoms with Crippen molar-refractivity contribution >= 4 is 6.34 Å². The first-order valence-corrected chi connectivity index (χ1v) is 3.34. The zero-order valence-corrected chi connectivity index (χ0v) is 6.26. The summed E-state index contributed by atoms with van der Waals surface area (Å²) in [4.78, 5) is 4.01. The lowest BCUT2D eigenvalue weighted by atomic mass is 10.3. The molecule has 9 heavy (non-hydrogen) atoms. The SMILES string of the molecule is CC.CC1C=CNC=N1. The van der Waals surface area contributed by atoms with E-state index in [-0.39, 0.29) is 0 Å². The van der Waals surface area contributed by atoms with E-state index >= 15 is 0 Å². The molecule has 1 aliphatic heterocycles. The Morgan fingerprint density at radius 3 is 2.33 bits per heavy atom. The zero-order valence-electron chi connectivity index (χ0n) is 6.26. The van der Waals surface area contributed by atoms with Crippen molar-refractivity contribution in [3.8, 4) is 0 Å². The Morgan fingerprint density at radius 2 is 2.11 bits per heavy atom. The topological polar surface area (TPSA) is 24.4 Å². The second kappa shape index (κ2) is 5.35. The second-order valence-electron chi connectivity index (χ2n) is 1.54. The van der Waals surface area contributed by atoms with Gasteiger partial charge in [-0.1, -0.05) is 13.8 Å². The molecule has 0 radical (unpaired) electrons. The van der Waals surface area contributed by atoms with Crippen molar-refractivity contribution in [2.45, 2.75) is 26.8 Å². The van der Waals surface area contributed by atoms with E-state index in [0.717, 1.165) is 0 Å². The quantitative estimate of drug-likeness (QED) is 0.523. The van der Waals surface area contributed by atoms with Crippen molar-refractivity contribution in [1.82, 2.24) is 5.32 Å². The van der Waals surface area contributed by atoms with Gasteiger partial charge < -0.3 is 5.32 Å². The van der Waals surface area contributed by atoms with Gasteiger partial charge in [0, 0.05) is 0 Å². The molecule has 1 aliphatic rings.